The van der Waals surface area contributed by atoms with Gasteiger partial charge in [-0.1, -0.05) is 26.7 Å². The van der Waals surface area contributed by atoms with Crippen molar-refractivity contribution >= 4 is 12.0 Å². The average molecular weight is 270 g/mol. The van der Waals surface area contributed by atoms with Gasteiger partial charge < -0.3 is 15.7 Å². The van der Waals surface area contributed by atoms with Crippen LogP contribution in [-0.4, -0.2) is 29.7 Å². The summed E-state index contributed by atoms with van der Waals surface area (Å²) in [5.41, 5.74) is -0.696. The molecule has 0 heterocycles. The first-order valence-corrected chi connectivity index (χ1v) is 7.13. The highest BCUT2D eigenvalue weighted by Gasteiger charge is 2.50. The Balaban J connectivity index is 2.15. The van der Waals surface area contributed by atoms with E-state index in [0.29, 0.717) is 18.8 Å². The lowest BCUT2D eigenvalue weighted by Gasteiger charge is -2.16. The van der Waals surface area contributed by atoms with Gasteiger partial charge in [0.05, 0.1) is 5.41 Å². The summed E-state index contributed by atoms with van der Waals surface area (Å²) in [4.78, 5) is 22.6. The number of rotatable bonds is 8. The van der Waals surface area contributed by atoms with Gasteiger partial charge in [-0.05, 0) is 32.1 Å². The molecule has 0 saturated heterocycles. The lowest BCUT2D eigenvalue weighted by atomic mass is 10.0. The Kier molecular flexibility index (Phi) is 5.63. The predicted octanol–water partition coefficient (Wildman–Crippen LogP) is 2.37. The fraction of sp³-hybridized carbons (Fsp3) is 0.857. The number of hydrogen-bond acceptors (Lipinski definition) is 2. The van der Waals surface area contributed by atoms with Gasteiger partial charge in [0.2, 0.25) is 0 Å². The maximum Gasteiger partial charge on any atom is 0.315 e. The van der Waals surface area contributed by atoms with Crippen LogP contribution in [0.4, 0.5) is 4.79 Å². The highest BCUT2D eigenvalue weighted by molar-refractivity contribution is 5.80. The van der Waals surface area contributed by atoms with Crippen LogP contribution in [-0.2, 0) is 4.79 Å². The molecule has 5 heteroatoms. The fourth-order valence-corrected chi connectivity index (χ4v) is 2.05. The largest absolute Gasteiger partial charge is 0.481 e. The first kappa shape index (κ1) is 15.8. The number of urea groups is 1. The zero-order valence-electron chi connectivity index (χ0n) is 12.2. The highest BCUT2D eigenvalue weighted by atomic mass is 16.4. The molecule has 0 aromatic carbocycles. The van der Waals surface area contributed by atoms with Crippen LogP contribution in [0.15, 0.2) is 0 Å². The Morgan fingerprint density at radius 1 is 1.21 bits per heavy atom. The van der Waals surface area contributed by atoms with Gasteiger partial charge in [-0.25, -0.2) is 4.79 Å². The zero-order chi connectivity index (χ0) is 14.5. The molecule has 1 aliphatic carbocycles. The fourth-order valence-electron chi connectivity index (χ4n) is 2.05. The van der Waals surface area contributed by atoms with Crippen LogP contribution in [0.3, 0.4) is 0 Å². The summed E-state index contributed by atoms with van der Waals surface area (Å²) < 4.78 is 0. The monoisotopic (exact) mass is 270 g/mol. The maximum atomic E-state index is 11.6. The number of aliphatic carboxylic acids is 1. The first-order valence-electron chi connectivity index (χ1n) is 7.13. The molecule has 1 unspecified atom stereocenters. The van der Waals surface area contributed by atoms with Gasteiger partial charge in [0, 0.05) is 12.6 Å². The number of carboxylic acids is 1. The first-order chi connectivity index (χ1) is 8.85. The van der Waals surface area contributed by atoms with E-state index in [0.717, 1.165) is 19.3 Å². The molecule has 0 spiro atoms. The molecular weight excluding hydrogens is 244 g/mol. The molecule has 0 bridgehead atoms. The molecule has 1 rings (SSSR count). The van der Waals surface area contributed by atoms with Gasteiger partial charge in [-0.15, -0.1) is 0 Å². The van der Waals surface area contributed by atoms with Crippen molar-refractivity contribution in [3.63, 3.8) is 0 Å². The van der Waals surface area contributed by atoms with Crippen molar-refractivity contribution in [1.29, 1.82) is 0 Å². The molecule has 19 heavy (non-hydrogen) atoms. The minimum Gasteiger partial charge on any atom is -0.481 e. The maximum absolute atomic E-state index is 11.6. The quantitative estimate of drug-likeness (QED) is 0.633. The molecule has 0 aliphatic heterocycles. The summed E-state index contributed by atoms with van der Waals surface area (Å²) in [7, 11) is 0. The van der Waals surface area contributed by atoms with Crippen molar-refractivity contribution in [3.05, 3.63) is 0 Å². The van der Waals surface area contributed by atoms with Crippen LogP contribution in [0.25, 0.3) is 0 Å². The van der Waals surface area contributed by atoms with Crippen LogP contribution in [0.1, 0.15) is 52.9 Å². The Bertz CT molecular complexity index is 325. The van der Waals surface area contributed by atoms with Crippen molar-refractivity contribution in [2.45, 2.75) is 58.9 Å². The van der Waals surface area contributed by atoms with Gasteiger partial charge in [0.1, 0.15) is 0 Å². The van der Waals surface area contributed by atoms with Crippen LogP contribution in [0, 0.1) is 11.3 Å². The molecule has 1 saturated carbocycles. The average Bonchev–Trinajstić information content (AvgIpc) is 3.06. The summed E-state index contributed by atoms with van der Waals surface area (Å²) >= 11 is 0. The number of amides is 2. The number of carbonyl (C=O) groups is 2. The van der Waals surface area contributed by atoms with E-state index in [1.807, 2.05) is 6.92 Å². The Hall–Kier alpha value is -1.26. The van der Waals surface area contributed by atoms with Crippen molar-refractivity contribution in [2.75, 3.05) is 6.54 Å². The molecule has 1 aliphatic rings. The number of hydrogen-bond donors (Lipinski definition) is 3. The Morgan fingerprint density at radius 2 is 1.84 bits per heavy atom. The third-order valence-electron chi connectivity index (χ3n) is 3.69. The number of carbonyl (C=O) groups excluding carboxylic acids is 1. The summed E-state index contributed by atoms with van der Waals surface area (Å²) in [6.45, 7) is 6.58. The van der Waals surface area contributed by atoms with Crippen molar-refractivity contribution in [2.24, 2.45) is 11.3 Å². The van der Waals surface area contributed by atoms with Gasteiger partial charge in [-0.3, -0.25) is 4.79 Å². The second-order valence-electron chi connectivity index (χ2n) is 6.14. The lowest BCUT2D eigenvalue weighted by Crippen LogP contribution is -2.44. The predicted molar refractivity (Wildman–Crippen MR) is 74.0 cm³/mol. The van der Waals surface area contributed by atoms with Crippen molar-refractivity contribution in [1.82, 2.24) is 10.6 Å². The second-order valence-corrected chi connectivity index (χ2v) is 6.14. The SMILES string of the molecule is CC(C)CCCC(C)NC(=O)NCC1(C(=O)O)CC1. The molecule has 3 N–H and O–H groups in total. The lowest BCUT2D eigenvalue weighted by molar-refractivity contribution is -0.143. The molecule has 1 fully saturated rings. The third kappa shape index (κ3) is 5.49. The second kappa shape index (κ2) is 6.78. The van der Waals surface area contributed by atoms with Crippen LogP contribution >= 0.6 is 0 Å². The minimum atomic E-state index is -0.808. The van der Waals surface area contributed by atoms with Gasteiger partial charge >= 0.3 is 12.0 Å². The van der Waals surface area contributed by atoms with E-state index in [4.69, 9.17) is 5.11 Å². The van der Waals surface area contributed by atoms with E-state index < -0.39 is 11.4 Å². The van der Waals surface area contributed by atoms with E-state index >= 15 is 0 Å². The van der Waals surface area contributed by atoms with Gasteiger partial charge in [-0.2, -0.15) is 0 Å². The molecule has 0 radical (unpaired) electrons. The highest BCUT2D eigenvalue weighted by Crippen LogP contribution is 2.45. The van der Waals surface area contributed by atoms with Crippen molar-refractivity contribution < 1.29 is 14.7 Å². The van der Waals surface area contributed by atoms with Gasteiger partial charge in [0.25, 0.3) is 0 Å². The van der Waals surface area contributed by atoms with E-state index in [1.165, 1.54) is 0 Å². The molecule has 0 aromatic rings. The van der Waals surface area contributed by atoms with E-state index in [9.17, 15) is 9.59 Å². The van der Waals surface area contributed by atoms with Crippen LogP contribution in [0.5, 0.6) is 0 Å². The Morgan fingerprint density at radius 3 is 2.32 bits per heavy atom. The number of nitrogens with one attached hydrogen (secondary N) is 2. The molecule has 110 valence electrons. The van der Waals surface area contributed by atoms with Crippen LogP contribution < -0.4 is 10.6 Å². The molecule has 1 atom stereocenters. The number of carboxylic acid groups (broad SMARTS) is 1. The smallest absolute Gasteiger partial charge is 0.315 e. The molecule has 5 nitrogen and oxygen atoms in total. The summed E-state index contributed by atoms with van der Waals surface area (Å²) in [5, 5.41) is 14.5. The van der Waals surface area contributed by atoms with E-state index in [2.05, 4.69) is 24.5 Å². The van der Waals surface area contributed by atoms with E-state index in [1.54, 1.807) is 0 Å². The van der Waals surface area contributed by atoms with E-state index in [-0.39, 0.29) is 18.6 Å². The summed E-state index contributed by atoms with van der Waals surface area (Å²) in [6.07, 6.45) is 4.53. The summed E-state index contributed by atoms with van der Waals surface area (Å²) in [6, 6.07) is -0.136. The standard InChI is InChI=1S/C14H26N2O3/c1-10(2)5-4-6-11(3)16-13(19)15-9-14(7-8-14)12(17)18/h10-11H,4-9H2,1-3H3,(H,17,18)(H2,15,16,19). The zero-order valence-corrected chi connectivity index (χ0v) is 12.2. The minimum absolute atomic E-state index is 0.124. The molecule has 2 amide bonds. The van der Waals surface area contributed by atoms with Crippen molar-refractivity contribution in [3.8, 4) is 0 Å². The normalized spacial score (nSPS) is 17.9. The van der Waals surface area contributed by atoms with Crippen LogP contribution in [0.2, 0.25) is 0 Å². The molecular formula is C14H26N2O3. The topological polar surface area (TPSA) is 78.4 Å². The summed E-state index contributed by atoms with van der Waals surface area (Å²) in [5.74, 6) is -0.121. The third-order valence-corrected chi connectivity index (χ3v) is 3.69. The van der Waals surface area contributed by atoms with Gasteiger partial charge in [0.15, 0.2) is 0 Å². The molecule has 0 aromatic heterocycles. The Labute approximate surface area is 115 Å².